The minimum atomic E-state index is -1.17. The van der Waals surface area contributed by atoms with Gasteiger partial charge in [0.2, 0.25) is 5.91 Å². The Morgan fingerprint density at radius 2 is 1.67 bits per heavy atom. The number of nitrogens with two attached hydrogens (primary N) is 1. The zero-order chi connectivity index (χ0) is 25.6. The number of carboxylic acid groups (broad SMARTS) is 1. The molecule has 2 atom stereocenters. The van der Waals surface area contributed by atoms with Gasteiger partial charge in [0.1, 0.15) is 18.1 Å². The summed E-state index contributed by atoms with van der Waals surface area (Å²) >= 11 is 3.73. The highest BCUT2D eigenvalue weighted by Gasteiger charge is 2.52. The third-order valence-electron chi connectivity index (χ3n) is 4.98. The fourth-order valence-corrected chi connectivity index (χ4v) is 6.64. The van der Waals surface area contributed by atoms with Crippen molar-refractivity contribution in [1.82, 2.24) is 4.90 Å². The summed E-state index contributed by atoms with van der Waals surface area (Å²) in [6.07, 6.45) is 1.25. The van der Waals surface area contributed by atoms with Crippen LogP contribution in [0.15, 0.2) is 0 Å². The molecule has 9 nitrogen and oxygen atoms in total. The molecule has 3 N–H and O–H groups in total. The number of aliphatic carboxylic acids is 1. The maximum Gasteiger partial charge on any atom is 0.328 e. The van der Waals surface area contributed by atoms with Gasteiger partial charge in [0, 0.05) is 13.0 Å². The highest BCUT2D eigenvalue weighted by Crippen LogP contribution is 2.50. The SMILES string of the molecule is CC(C)(C)OC(=O)CC(=O)O.COC(=O)[C@@H]1CC2(CN1C(=O)[C@@H](N)C(C)(C)C)SCCCS2. The Morgan fingerprint density at radius 1 is 1.12 bits per heavy atom. The normalized spacial score (nSPS) is 21.0. The van der Waals surface area contributed by atoms with Gasteiger partial charge in [-0.1, -0.05) is 20.8 Å². The molecule has 0 aromatic heterocycles. The van der Waals surface area contributed by atoms with Gasteiger partial charge in [-0.05, 0) is 44.1 Å². The van der Waals surface area contributed by atoms with Crippen LogP contribution >= 0.6 is 23.5 Å². The molecule has 1 amide bonds. The van der Waals surface area contributed by atoms with Gasteiger partial charge in [-0.25, -0.2) is 4.79 Å². The number of thioether (sulfide) groups is 2. The molecule has 1 spiro atoms. The first-order chi connectivity index (χ1) is 15.0. The lowest BCUT2D eigenvalue weighted by Crippen LogP contribution is -2.53. The Kier molecular flexibility index (Phi) is 10.6. The Balaban J connectivity index is 0.000000420. The van der Waals surface area contributed by atoms with Gasteiger partial charge in [0.05, 0.1) is 17.2 Å². The molecule has 2 heterocycles. The summed E-state index contributed by atoms with van der Waals surface area (Å²) in [4.78, 5) is 47.3. The van der Waals surface area contributed by atoms with Crippen molar-refractivity contribution < 1.29 is 33.8 Å². The monoisotopic (exact) mass is 506 g/mol. The largest absolute Gasteiger partial charge is 0.481 e. The number of carbonyl (C=O) groups excluding carboxylic acids is 3. The minimum Gasteiger partial charge on any atom is -0.481 e. The molecule has 2 aliphatic heterocycles. The van der Waals surface area contributed by atoms with E-state index in [9.17, 15) is 19.2 Å². The van der Waals surface area contributed by atoms with Crippen molar-refractivity contribution in [2.24, 2.45) is 11.1 Å². The molecule has 2 aliphatic rings. The van der Waals surface area contributed by atoms with Crippen LogP contribution in [0.2, 0.25) is 0 Å². The van der Waals surface area contributed by atoms with E-state index in [1.165, 1.54) is 13.5 Å². The lowest BCUT2D eigenvalue weighted by molar-refractivity contribution is -0.159. The molecular weight excluding hydrogens is 468 g/mol. The van der Waals surface area contributed by atoms with E-state index in [0.717, 1.165) is 11.5 Å². The number of hydrogen-bond donors (Lipinski definition) is 2. The van der Waals surface area contributed by atoms with Crippen LogP contribution < -0.4 is 5.73 Å². The maximum atomic E-state index is 12.8. The van der Waals surface area contributed by atoms with Crippen LogP contribution in [0.3, 0.4) is 0 Å². The fraction of sp³-hybridized carbons (Fsp3) is 0.818. The number of carbonyl (C=O) groups is 4. The second-order valence-corrected chi connectivity index (χ2v) is 13.4. The second kappa shape index (κ2) is 11.8. The van der Waals surface area contributed by atoms with Gasteiger partial charge in [0.25, 0.3) is 0 Å². The lowest BCUT2D eigenvalue weighted by atomic mass is 9.86. The highest BCUT2D eigenvalue weighted by atomic mass is 32.2. The summed E-state index contributed by atoms with van der Waals surface area (Å²) in [6.45, 7) is 11.5. The first kappa shape index (κ1) is 29.6. The predicted octanol–water partition coefficient (Wildman–Crippen LogP) is 2.50. The number of nitrogens with zero attached hydrogens (tertiary/aromatic N) is 1. The third-order valence-corrected chi connectivity index (χ3v) is 8.32. The molecule has 0 unspecified atom stereocenters. The smallest absolute Gasteiger partial charge is 0.328 e. The summed E-state index contributed by atoms with van der Waals surface area (Å²) in [5, 5.41) is 8.18. The Hall–Kier alpha value is -1.46. The van der Waals surface area contributed by atoms with Gasteiger partial charge in [-0.3, -0.25) is 14.4 Å². The number of methoxy groups -OCH3 is 1. The van der Waals surface area contributed by atoms with Crippen LogP contribution in [-0.2, 0) is 28.7 Å². The topological polar surface area (TPSA) is 136 Å². The van der Waals surface area contributed by atoms with Crippen LogP contribution in [-0.4, -0.2) is 80.7 Å². The van der Waals surface area contributed by atoms with E-state index in [2.05, 4.69) is 0 Å². The van der Waals surface area contributed by atoms with Crippen molar-refractivity contribution >= 4 is 47.3 Å². The third kappa shape index (κ3) is 9.36. The van der Waals surface area contributed by atoms with Gasteiger partial charge in [-0.2, -0.15) is 0 Å². The quantitative estimate of drug-likeness (QED) is 0.432. The Morgan fingerprint density at radius 3 is 2.09 bits per heavy atom. The molecule has 0 bridgehead atoms. The molecule has 0 aromatic rings. The fourth-order valence-electron chi connectivity index (χ4n) is 3.29. The van der Waals surface area contributed by atoms with Crippen LogP contribution in [0.5, 0.6) is 0 Å². The van der Waals surface area contributed by atoms with E-state index in [0.29, 0.717) is 13.0 Å². The van der Waals surface area contributed by atoms with Crippen molar-refractivity contribution in [3.8, 4) is 0 Å². The van der Waals surface area contributed by atoms with E-state index < -0.39 is 36.0 Å². The van der Waals surface area contributed by atoms with E-state index >= 15 is 0 Å². The predicted molar refractivity (Wildman–Crippen MR) is 130 cm³/mol. The summed E-state index contributed by atoms with van der Waals surface area (Å²) in [5.74, 6) is -0.198. The number of esters is 2. The highest BCUT2D eigenvalue weighted by molar-refractivity contribution is 8.18. The zero-order valence-corrected chi connectivity index (χ0v) is 22.3. The molecule has 2 fully saturated rings. The minimum absolute atomic E-state index is 0.0790. The van der Waals surface area contributed by atoms with Gasteiger partial charge in [-0.15, -0.1) is 23.5 Å². The zero-order valence-electron chi connectivity index (χ0n) is 20.6. The summed E-state index contributed by atoms with van der Waals surface area (Å²) < 4.78 is 9.57. The van der Waals surface area contributed by atoms with Crippen LogP contribution in [0, 0.1) is 5.41 Å². The van der Waals surface area contributed by atoms with Crippen LogP contribution in [0.4, 0.5) is 0 Å². The van der Waals surface area contributed by atoms with Gasteiger partial charge < -0.3 is 25.2 Å². The second-order valence-electron chi connectivity index (χ2n) is 10.2. The van der Waals surface area contributed by atoms with Crippen LogP contribution in [0.1, 0.15) is 60.8 Å². The first-order valence-electron chi connectivity index (χ1n) is 10.9. The first-order valence-corrected chi connectivity index (χ1v) is 12.8. The molecule has 0 aromatic carbocycles. The lowest BCUT2D eigenvalue weighted by Gasteiger charge is -2.34. The molecule has 2 saturated heterocycles. The molecule has 0 saturated carbocycles. The van der Waals surface area contributed by atoms with Crippen LogP contribution in [0.25, 0.3) is 0 Å². The standard InChI is InChI=1S/C15H26N2O3S2.C7H12O4/c1-14(2,3)11(16)12(18)17-9-15(21-6-5-7-22-15)8-10(17)13(19)20-4;1-7(2,3)11-6(10)4-5(8)9/h10-11H,5-9,16H2,1-4H3;4H2,1-3H3,(H,8,9)/t10-,11+;/m0./s1. The molecule has 2 rings (SSSR count). The molecule has 11 heteroatoms. The van der Waals surface area contributed by atoms with Gasteiger partial charge in [0.15, 0.2) is 0 Å². The molecule has 190 valence electrons. The molecular formula is C22H38N2O7S2. The van der Waals surface area contributed by atoms with E-state index in [4.69, 9.17) is 20.3 Å². The van der Waals surface area contributed by atoms with E-state index in [-0.39, 0.29) is 21.4 Å². The van der Waals surface area contributed by atoms with Crippen molar-refractivity contribution in [1.29, 1.82) is 0 Å². The Bertz CT molecular complexity index is 725. The van der Waals surface area contributed by atoms with Crippen molar-refractivity contribution in [2.75, 3.05) is 25.2 Å². The molecule has 0 radical (unpaired) electrons. The van der Waals surface area contributed by atoms with Gasteiger partial charge >= 0.3 is 17.9 Å². The number of rotatable bonds is 4. The average molecular weight is 507 g/mol. The maximum absolute atomic E-state index is 12.8. The van der Waals surface area contributed by atoms with Crippen molar-refractivity contribution in [3.05, 3.63) is 0 Å². The number of ether oxygens (including phenoxy) is 2. The Labute approximate surface area is 204 Å². The summed E-state index contributed by atoms with van der Waals surface area (Å²) in [6, 6.07) is -1.13. The number of carboxylic acids is 1. The molecule has 33 heavy (non-hydrogen) atoms. The van der Waals surface area contributed by atoms with Crippen molar-refractivity contribution in [3.63, 3.8) is 0 Å². The van der Waals surface area contributed by atoms with Crippen molar-refractivity contribution in [2.45, 2.75) is 82.6 Å². The summed E-state index contributed by atoms with van der Waals surface area (Å²) in [7, 11) is 1.38. The van der Waals surface area contributed by atoms with E-state index in [1.54, 1.807) is 25.7 Å². The molecule has 0 aliphatic carbocycles. The number of hydrogen-bond acceptors (Lipinski definition) is 9. The summed E-state index contributed by atoms with van der Waals surface area (Å²) in [5.41, 5.74) is 5.20. The van der Waals surface area contributed by atoms with E-state index in [1.807, 2.05) is 44.3 Å². The number of likely N-dealkylation sites (tertiary alicyclic amines) is 1. The number of amides is 1. The average Bonchev–Trinajstić information content (AvgIpc) is 3.03.